The fourth-order valence-electron chi connectivity index (χ4n) is 5.31. The van der Waals surface area contributed by atoms with E-state index >= 15 is 0 Å². The number of aryl methyl sites for hydroxylation is 1. The van der Waals surface area contributed by atoms with Crippen molar-refractivity contribution in [3.05, 3.63) is 58.2 Å². The lowest BCUT2D eigenvalue weighted by molar-refractivity contribution is 0.0952. The Balaban J connectivity index is 1.15. The Labute approximate surface area is 252 Å². The van der Waals surface area contributed by atoms with Gasteiger partial charge < -0.3 is 24.9 Å². The van der Waals surface area contributed by atoms with Crippen LogP contribution in [0.3, 0.4) is 0 Å². The summed E-state index contributed by atoms with van der Waals surface area (Å²) in [6.45, 7) is 2.85. The molecule has 1 aliphatic heterocycles. The fraction of sp³-hybridized carbons (Fsp3) is 0.370. The second-order valence-corrected chi connectivity index (χ2v) is 12.0. The third-order valence-electron chi connectivity index (χ3n) is 7.63. The number of fused-ring (bicyclic) bond motifs is 3. The molecule has 17 heteroatoms. The van der Waals surface area contributed by atoms with Gasteiger partial charge in [0.1, 0.15) is 22.9 Å². The van der Waals surface area contributed by atoms with Gasteiger partial charge in [0.25, 0.3) is 5.91 Å². The number of carbonyl (C=O) groups excluding carboxylic acids is 1. The van der Waals surface area contributed by atoms with Crippen LogP contribution in [0.15, 0.2) is 39.7 Å². The van der Waals surface area contributed by atoms with Crippen molar-refractivity contribution in [3.8, 4) is 11.6 Å². The Hall–Kier alpha value is -4.48. The molecule has 1 amide bonds. The van der Waals surface area contributed by atoms with Crippen molar-refractivity contribution in [1.82, 2.24) is 38.9 Å². The van der Waals surface area contributed by atoms with E-state index in [1.807, 2.05) is 0 Å². The molecule has 0 bridgehead atoms. The second kappa shape index (κ2) is 11.9. The smallest absolute Gasteiger partial charge is 0.330 e. The summed E-state index contributed by atoms with van der Waals surface area (Å²) in [6.07, 6.45) is 3.02. The zero-order valence-electron chi connectivity index (χ0n) is 24.0. The standard InChI is InChI=1S/C27H30F2N10O4S/c1-35-21-23(33-26(30)39-24(21)32-22(34-39)20-4-3-12-43-20)38(27(35)41)11-8-36-6-9-37(10-7-36)19-14-16(17(28)15-18(19)29)25(40)31-5-13-44(2)42/h3-4,12,14-15H,5-11,13H2,1-2H3,(H2,30,33)(H,31,40)/t44-/m0/s1. The fourth-order valence-corrected chi connectivity index (χ4v) is 5.70. The molecule has 0 saturated carbocycles. The van der Waals surface area contributed by atoms with E-state index in [-0.39, 0.29) is 35.2 Å². The van der Waals surface area contributed by atoms with Crippen LogP contribution in [0.4, 0.5) is 20.4 Å². The van der Waals surface area contributed by atoms with Crippen LogP contribution in [0.5, 0.6) is 0 Å². The molecule has 0 spiro atoms. The molecular formula is C27H30F2N10O4S. The van der Waals surface area contributed by atoms with Gasteiger partial charge in [-0.3, -0.25) is 18.8 Å². The van der Waals surface area contributed by atoms with Crippen molar-refractivity contribution in [2.24, 2.45) is 7.05 Å². The van der Waals surface area contributed by atoms with Gasteiger partial charge in [0.05, 0.1) is 30.3 Å². The minimum Gasteiger partial charge on any atom is -0.617 e. The normalized spacial score (nSPS) is 15.0. The minimum absolute atomic E-state index is 0.0699. The second-order valence-electron chi connectivity index (χ2n) is 10.4. The highest BCUT2D eigenvalue weighted by Gasteiger charge is 2.25. The molecule has 5 heterocycles. The molecule has 0 aliphatic carbocycles. The number of anilines is 2. The van der Waals surface area contributed by atoms with Crippen molar-refractivity contribution < 1.29 is 22.5 Å². The maximum atomic E-state index is 14.8. The number of rotatable bonds is 9. The summed E-state index contributed by atoms with van der Waals surface area (Å²) in [7, 11) is 1.63. The molecule has 1 aliphatic rings. The van der Waals surface area contributed by atoms with Crippen LogP contribution in [0.2, 0.25) is 0 Å². The van der Waals surface area contributed by atoms with Crippen molar-refractivity contribution in [2.75, 3.05) is 61.9 Å². The lowest BCUT2D eigenvalue weighted by Crippen LogP contribution is -2.48. The number of nitrogens with two attached hydrogens (primary N) is 1. The van der Waals surface area contributed by atoms with Gasteiger partial charge in [-0.05, 0) is 18.2 Å². The number of hydrogen-bond donors (Lipinski definition) is 2. The van der Waals surface area contributed by atoms with Crippen molar-refractivity contribution in [3.63, 3.8) is 0 Å². The van der Waals surface area contributed by atoms with Crippen LogP contribution < -0.4 is 21.6 Å². The van der Waals surface area contributed by atoms with Gasteiger partial charge in [-0.25, -0.2) is 18.6 Å². The molecule has 1 fully saturated rings. The predicted molar refractivity (Wildman–Crippen MR) is 160 cm³/mol. The number of furan rings is 1. The molecule has 6 rings (SSSR count). The number of hydrogen-bond acceptors (Lipinski definition) is 10. The Kier molecular flexibility index (Phi) is 8.00. The van der Waals surface area contributed by atoms with Crippen molar-refractivity contribution in [2.45, 2.75) is 6.54 Å². The number of nitrogens with one attached hydrogen (secondary N) is 1. The lowest BCUT2D eigenvalue weighted by Gasteiger charge is -2.36. The molecule has 4 aromatic heterocycles. The minimum atomic E-state index is -1.11. The average molecular weight is 629 g/mol. The molecule has 1 atom stereocenters. The first-order valence-corrected chi connectivity index (χ1v) is 15.5. The molecule has 1 aromatic carbocycles. The van der Waals surface area contributed by atoms with Gasteiger partial charge in [0, 0.05) is 52.4 Å². The summed E-state index contributed by atoms with van der Waals surface area (Å²) < 4.78 is 50.3. The number of carbonyl (C=O) groups is 1. The topological polar surface area (TPSA) is 168 Å². The number of nitrogen functional groups attached to an aromatic ring is 1. The molecule has 14 nitrogen and oxygen atoms in total. The van der Waals surface area contributed by atoms with Crippen LogP contribution in [-0.2, 0) is 24.8 Å². The van der Waals surface area contributed by atoms with Crippen molar-refractivity contribution >= 4 is 45.5 Å². The summed E-state index contributed by atoms with van der Waals surface area (Å²) in [5, 5.41) is 6.91. The highest BCUT2D eigenvalue weighted by molar-refractivity contribution is 7.90. The summed E-state index contributed by atoms with van der Waals surface area (Å²) in [5.74, 6) is -1.35. The largest absolute Gasteiger partial charge is 0.617 e. The number of amides is 1. The third-order valence-corrected chi connectivity index (χ3v) is 8.41. The summed E-state index contributed by atoms with van der Waals surface area (Å²) in [4.78, 5) is 38.6. The van der Waals surface area contributed by atoms with Gasteiger partial charge in [0.15, 0.2) is 17.1 Å². The SMILES string of the molecule is Cn1c(=O)n(CCN2CCN(c3cc(C(=O)NCC[S@+](C)[O-])c(F)cc3F)CC2)c2nc(N)n3nc(-c4ccco4)nc3c21. The maximum absolute atomic E-state index is 14.8. The molecule has 3 N–H and O–H groups in total. The molecule has 0 radical (unpaired) electrons. The van der Waals surface area contributed by atoms with Gasteiger partial charge in [-0.2, -0.15) is 9.50 Å². The van der Waals surface area contributed by atoms with E-state index < -0.39 is 28.7 Å². The van der Waals surface area contributed by atoms with E-state index in [1.165, 1.54) is 32.2 Å². The molecule has 5 aromatic rings. The van der Waals surface area contributed by atoms with Crippen LogP contribution in [0, 0.1) is 11.6 Å². The molecular weight excluding hydrogens is 598 g/mol. The Morgan fingerprint density at radius 2 is 1.91 bits per heavy atom. The highest BCUT2D eigenvalue weighted by atomic mass is 32.2. The number of piperazine rings is 1. The molecule has 44 heavy (non-hydrogen) atoms. The van der Waals surface area contributed by atoms with E-state index in [0.717, 1.165) is 0 Å². The zero-order chi connectivity index (χ0) is 31.1. The monoisotopic (exact) mass is 628 g/mol. The van der Waals surface area contributed by atoms with Gasteiger partial charge >= 0.3 is 5.69 Å². The van der Waals surface area contributed by atoms with Gasteiger partial charge in [-0.1, -0.05) is 11.2 Å². The Bertz CT molecular complexity index is 1890. The summed E-state index contributed by atoms with van der Waals surface area (Å²) >= 11 is -1.11. The number of halogens is 2. The lowest BCUT2D eigenvalue weighted by atomic mass is 10.1. The molecule has 1 saturated heterocycles. The van der Waals surface area contributed by atoms with E-state index in [4.69, 9.17) is 10.2 Å². The van der Waals surface area contributed by atoms with Gasteiger partial charge in [-0.15, -0.1) is 5.10 Å². The Morgan fingerprint density at radius 3 is 2.61 bits per heavy atom. The molecule has 0 unspecified atom stereocenters. The maximum Gasteiger partial charge on any atom is 0.330 e. The third kappa shape index (κ3) is 5.48. The Morgan fingerprint density at radius 1 is 1.14 bits per heavy atom. The zero-order valence-corrected chi connectivity index (χ0v) is 24.8. The van der Waals surface area contributed by atoms with E-state index in [0.29, 0.717) is 73.7 Å². The first-order chi connectivity index (χ1) is 21.1. The van der Waals surface area contributed by atoms with Crippen LogP contribution in [-0.4, -0.2) is 95.4 Å². The van der Waals surface area contributed by atoms with Crippen molar-refractivity contribution in [1.29, 1.82) is 0 Å². The van der Waals surface area contributed by atoms with E-state index in [1.54, 1.807) is 24.1 Å². The number of benzene rings is 1. The van der Waals surface area contributed by atoms with Crippen LogP contribution in [0.1, 0.15) is 10.4 Å². The molecule has 232 valence electrons. The first kappa shape index (κ1) is 29.6. The number of nitrogens with zero attached hydrogens (tertiary/aromatic N) is 8. The van der Waals surface area contributed by atoms with Gasteiger partial charge in [0.2, 0.25) is 11.8 Å². The van der Waals surface area contributed by atoms with Crippen LogP contribution in [0.25, 0.3) is 28.4 Å². The average Bonchev–Trinajstić information content (AvgIpc) is 3.72. The van der Waals surface area contributed by atoms with E-state index in [9.17, 15) is 22.9 Å². The predicted octanol–water partition coefficient (Wildman–Crippen LogP) is 0.829. The summed E-state index contributed by atoms with van der Waals surface area (Å²) in [6, 6.07) is 5.37. The van der Waals surface area contributed by atoms with E-state index in [2.05, 4.69) is 25.3 Å². The first-order valence-electron chi connectivity index (χ1n) is 13.8. The summed E-state index contributed by atoms with van der Waals surface area (Å²) in [5.41, 5.74) is 7.01. The number of imidazole rings is 1. The quantitative estimate of drug-likeness (QED) is 0.223. The van der Waals surface area contributed by atoms with Crippen LogP contribution >= 0.6 is 0 Å². The number of aromatic nitrogens is 6. The highest BCUT2D eigenvalue weighted by Crippen LogP contribution is 2.26.